The van der Waals surface area contributed by atoms with Crippen molar-refractivity contribution in [3.05, 3.63) is 22.7 Å². The Morgan fingerprint density at radius 3 is 2.55 bits per heavy atom. The monoisotopic (exact) mass is 335 g/mol. The first-order chi connectivity index (χ1) is 8.37. The van der Waals surface area contributed by atoms with E-state index in [1.807, 2.05) is 0 Å². The molecule has 0 bridgehead atoms. The van der Waals surface area contributed by atoms with Gasteiger partial charge in [0.15, 0.2) is 6.10 Å². The summed E-state index contributed by atoms with van der Waals surface area (Å²) < 4.78 is 32.7. The third kappa shape index (κ3) is 3.01. The fraction of sp³-hybridized carbons (Fsp3) is 0.556. The van der Waals surface area contributed by atoms with E-state index in [1.165, 1.54) is 0 Å². The number of nitrogens with two attached hydrogens (primary N) is 1. The number of nitrogen functional groups attached to an aromatic ring is 1. The summed E-state index contributed by atoms with van der Waals surface area (Å²) >= 11 is 0. The molecule has 1 aliphatic heterocycles. The van der Waals surface area contributed by atoms with Gasteiger partial charge in [-0.3, -0.25) is 4.57 Å². The van der Waals surface area contributed by atoms with E-state index >= 15 is 0 Å². The lowest BCUT2D eigenvalue weighted by atomic mass is 10.1. The van der Waals surface area contributed by atoms with Gasteiger partial charge in [-0.1, -0.05) is 0 Å². The van der Waals surface area contributed by atoms with Gasteiger partial charge in [-0.05, 0) is 6.07 Å². The Kier molecular flexibility index (Phi) is 6.30. The van der Waals surface area contributed by atoms with Crippen LogP contribution in [0.5, 0.6) is 0 Å². The molecular formula is C9H13Cl2F2N3O4. The summed E-state index contributed by atoms with van der Waals surface area (Å²) in [5.41, 5.74) is 4.21. The van der Waals surface area contributed by atoms with Gasteiger partial charge in [0, 0.05) is 6.20 Å². The standard InChI is InChI=1S/C9H11F2N3O4.2ClH/c10-9(11)6(16)4(3-15)18-7(9)14-2-1-5(12)13-8(14)17;;/h1-2,4,6-7,15-16H,3H2,(H2,12,13,17);2*1H/t4-,6-,7-;;/m1../s1. The number of aliphatic hydroxyl groups is 2. The van der Waals surface area contributed by atoms with E-state index in [0.717, 1.165) is 12.3 Å². The maximum absolute atomic E-state index is 13.7. The topological polar surface area (TPSA) is 111 Å². The van der Waals surface area contributed by atoms with Crippen molar-refractivity contribution in [1.82, 2.24) is 9.55 Å². The van der Waals surface area contributed by atoms with E-state index in [9.17, 15) is 18.7 Å². The van der Waals surface area contributed by atoms with Gasteiger partial charge in [-0.15, -0.1) is 24.8 Å². The Bertz CT molecular complexity index is 516. The van der Waals surface area contributed by atoms with Crippen LogP contribution in [0.15, 0.2) is 17.1 Å². The van der Waals surface area contributed by atoms with Gasteiger partial charge in [0.05, 0.1) is 6.61 Å². The van der Waals surface area contributed by atoms with Crippen molar-refractivity contribution in [1.29, 1.82) is 0 Å². The minimum Gasteiger partial charge on any atom is -0.394 e. The van der Waals surface area contributed by atoms with E-state index in [-0.39, 0.29) is 30.6 Å². The highest BCUT2D eigenvalue weighted by Crippen LogP contribution is 2.41. The first-order valence-corrected chi connectivity index (χ1v) is 5.04. The maximum Gasteiger partial charge on any atom is 0.351 e. The van der Waals surface area contributed by atoms with Crippen LogP contribution >= 0.6 is 24.8 Å². The quantitative estimate of drug-likeness (QED) is 0.675. The van der Waals surface area contributed by atoms with E-state index in [0.29, 0.717) is 4.57 Å². The number of alkyl halides is 2. The molecule has 7 nitrogen and oxygen atoms in total. The SMILES string of the molecule is Cl.Cl.Nc1ccn([C@@H]2O[C@H](CO)[C@@H](O)C2(F)F)c(=O)n1. The maximum atomic E-state index is 13.7. The summed E-state index contributed by atoms with van der Waals surface area (Å²) in [4.78, 5) is 14.7. The molecule has 0 amide bonds. The predicted molar refractivity (Wildman–Crippen MR) is 69.4 cm³/mol. The van der Waals surface area contributed by atoms with Crippen molar-refractivity contribution in [3.63, 3.8) is 0 Å². The van der Waals surface area contributed by atoms with Crippen LogP contribution in [0.4, 0.5) is 14.6 Å². The highest BCUT2D eigenvalue weighted by Gasteiger charge is 2.59. The number of hydrogen-bond acceptors (Lipinski definition) is 6. The minimum absolute atomic E-state index is 0. The van der Waals surface area contributed by atoms with Crippen molar-refractivity contribution >= 4 is 30.6 Å². The summed E-state index contributed by atoms with van der Waals surface area (Å²) in [5.74, 6) is -3.83. The molecule has 0 spiro atoms. The number of ether oxygens (including phenoxy) is 1. The molecule has 1 aromatic rings. The lowest BCUT2D eigenvalue weighted by molar-refractivity contribution is -0.140. The van der Waals surface area contributed by atoms with Gasteiger partial charge >= 0.3 is 11.6 Å². The average Bonchev–Trinajstić information content (AvgIpc) is 2.52. The molecule has 3 atom stereocenters. The van der Waals surface area contributed by atoms with Crippen LogP contribution in [0.3, 0.4) is 0 Å². The molecule has 1 aliphatic rings. The highest BCUT2D eigenvalue weighted by molar-refractivity contribution is 5.85. The molecular weight excluding hydrogens is 323 g/mol. The third-order valence-corrected chi connectivity index (χ3v) is 2.66. The van der Waals surface area contributed by atoms with Crippen LogP contribution in [-0.4, -0.2) is 44.5 Å². The zero-order valence-corrected chi connectivity index (χ0v) is 11.5. The van der Waals surface area contributed by atoms with E-state index < -0.39 is 36.7 Å². The third-order valence-electron chi connectivity index (χ3n) is 2.66. The Morgan fingerprint density at radius 2 is 2.10 bits per heavy atom. The molecule has 0 aliphatic carbocycles. The lowest BCUT2D eigenvalue weighted by Crippen LogP contribution is -2.41. The number of aliphatic hydroxyl groups excluding tert-OH is 2. The van der Waals surface area contributed by atoms with Gasteiger partial charge in [-0.2, -0.15) is 13.8 Å². The number of nitrogens with zero attached hydrogens (tertiary/aromatic N) is 2. The first kappa shape index (κ1) is 19.0. The minimum atomic E-state index is -3.71. The van der Waals surface area contributed by atoms with Crippen LogP contribution in [0.2, 0.25) is 0 Å². The van der Waals surface area contributed by atoms with Gasteiger partial charge < -0.3 is 20.7 Å². The van der Waals surface area contributed by atoms with Crippen molar-refractivity contribution in [2.24, 2.45) is 0 Å². The summed E-state index contributed by atoms with van der Waals surface area (Å²) in [6, 6.07) is 1.15. The van der Waals surface area contributed by atoms with Crippen LogP contribution in [0.1, 0.15) is 6.23 Å². The molecule has 2 heterocycles. The summed E-state index contributed by atoms with van der Waals surface area (Å²) in [6.45, 7) is -0.787. The smallest absolute Gasteiger partial charge is 0.351 e. The molecule has 0 unspecified atom stereocenters. The Labute approximate surface area is 124 Å². The number of aromatic nitrogens is 2. The fourth-order valence-electron chi connectivity index (χ4n) is 1.72. The first-order valence-electron chi connectivity index (χ1n) is 5.04. The van der Waals surface area contributed by atoms with Crippen molar-refractivity contribution in [3.8, 4) is 0 Å². The molecule has 2 rings (SSSR count). The predicted octanol–water partition coefficient (Wildman–Crippen LogP) is -0.445. The Morgan fingerprint density at radius 1 is 1.50 bits per heavy atom. The van der Waals surface area contributed by atoms with E-state index in [2.05, 4.69) is 4.98 Å². The van der Waals surface area contributed by atoms with Crippen molar-refractivity contribution < 1.29 is 23.7 Å². The fourth-order valence-corrected chi connectivity index (χ4v) is 1.72. The van der Waals surface area contributed by atoms with Crippen LogP contribution in [-0.2, 0) is 4.74 Å². The van der Waals surface area contributed by atoms with Crippen LogP contribution in [0.25, 0.3) is 0 Å². The zero-order valence-electron chi connectivity index (χ0n) is 9.85. The molecule has 1 saturated heterocycles. The molecule has 1 fully saturated rings. The normalized spacial score (nSPS) is 27.5. The van der Waals surface area contributed by atoms with Gasteiger partial charge in [0.25, 0.3) is 0 Å². The lowest BCUT2D eigenvalue weighted by Gasteiger charge is -2.20. The average molecular weight is 336 g/mol. The van der Waals surface area contributed by atoms with Crippen LogP contribution < -0.4 is 11.4 Å². The Hall–Kier alpha value is -1.00. The second kappa shape index (κ2) is 6.64. The molecule has 0 aromatic carbocycles. The second-order valence-corrected chi connectivity index (χ2v) is 3.87. The van der Waals surface area contributed by atoms with E-state index in [1.54, 1.807) is 0 Å². The molecule has 4 N–H and O–H groups in total. The molecule has 0 saturated carbocycles. The number of rotatable bonds is 2. The number of halogens is 4. The number of hydrogen-bond donors (Lipinski definition) is 3. The highest BCUT2D eigenvalue weighted by atomic mass is 35.5. The van der Waals surface area contributed by atoms with Gasteiger partial charge in [0.2, 0.25) is 6.23 Å². The van der Waals surface area contributed by atoms with E-state index in [4.69, 9.17) is 15.6 Å². The molecule has 116 valence electrons. The van der Waals surface area contributed by atoms with Crippen molar-refractivity contribution in [2.45, 2.75) is 24.4 Å². The Balaban J connectivity index is 0.00000180. The van der Waals surface area contributed by atoms with Crippen LogP contribution in [0, 0.1) is 0 Å². The molecule has 0 radical (unpaired) electrons. The van der Waals surface area contributed by atoms with Gasteiger partial charge in [0.1, 0.15) is 11.9 Å². The summed E-state index contributed by atoms with van der Waals surface area (Å²) in [6.07, 6.45) is -4.69. The number of anilines is 1. The second-order valence-electron chi connectivity index (χ2n) is 3.87. The van der Waals surface area contributed by atoms with Gasteiger partial charge in [-0.25, -0.2) is 4.79 Å². The molecule has 11 heteroatoms. The summed E-state index contributed by atoms with van der Waals surface area (Å²) in [5, 5.41) is 18.1. The zero-order chi connectivity index (χ0) is 13.5. The van der Waals surface area contributed by atoms with Crippen molar-refractivity contribution in [2.75, 3.05) is 12.3 Å². The molecule has 20 heavy (non-hydrogen) atoms. The largest absolute Gasteiger partial charge is 0.394 e. The molecule has 1 aromatic heterocycles. The summed E-state index contributed by atoms with van der Waals surface area (Å²) in [7, 11) is 0.